The quantitative estimate of drug-likeness (QED) is 0.390. The fourth-order valence-corrected chi connectivity index (χ4v) is 2.50. The number of benzene rings is 3. The topological polar surface area (TPSA) is 0 Å². The van der Waals surface area contributed by atoms with Gasteiger partial charge in [0.15, 0.2) is 0 Å². The zero-order valence-corrected chi connectivity index (χ0v) is 20.8. The highest BCUT2D eigenvalue weighted by atomic mass is 19.1. The van der Waals surface area contributed by atoms with Crippen LogP contribution < -0.4 is 0 Å². The van der Waals surface area contributed by atoms with Crippen LogP contribution >= 0.6 is 0 Å². The first-order valence-electron chi connectivity index (χ1n) is 11.5. The van der Waals surface area contributed by atoms with Crippen LogP contribution in [0.2, 0.25) is 0 Å². The van der Waals surface area contributed by atoms with Gasteiger partial charge in [-0.1, -0.05) is 115 Å². The molecule has 172 valence electrons. The highest BCUT2D eigenvalue weighted by molar-refractivity contribution is 5.21. The first kappa shape index (κ1) is 30.7. The van der Waals surface area contributed by atoms with Gasteiger partial charge in [-0.05, 0) is 55.0 Å². The van der Waals surface area contributed by atoms with Crippen molar-refractivity contribution in [3.05, 3.63) is 107 Å². The molecule has 0 amide bonds. The van der Waals surface area contributed by atoms with Crippen LogP contribution in [0.5, 0.6) is 0 Å². The molecule has 0 spiro atoms. The van der Waals surface area contributed by atoms with Crippen molar-refractivity contribution < 1.29 is 8.78 Å². The van der Waals surface area contributed by atoms with E-state index in [1.807, 2.05) is 53.7 Å². The molecule has 3 aromatic carbocycles. The first-order valence-corrected chi connectivity index (χ1v) is 11.5. The van der Waals surface area contributed by atoms with Crippen LogP contribution in [0.15, 0.2) is 72.8 Å². The summed E-state index contributed by atoms with van der Waals surface area (Å²) in [6.07, 6.45) is 2.68. The van der Waals surface area contributed by atoms with E-state index in [-0.39, 0.29) is 11.6 Å². The van der Waals surface area contributed by atoms with Gasteiger partial charge in [0.05, 0.1) is 0 Å². The van der Waals surface area contributed by atoms with Crippen LogP contribution in [-0.2, 0) is 19.3 Å². The van der Waals surface area contributed by atoms with E-state index in [0.29, 0.717) is 0 Å². The van der Waals surface area contributed by atoms with E-state index in [2.05, 4.69) is 38.1 Å². The zero-order chi connectivity index (χ0) is 24.1. The Morgan fingerprint density at radius 2 is 0.968 bits per heavy atom. The van der Waals surface area contributed by atoms with E-state index in [1.165, 1.54) is 23.3 Å². The molecule has 0 bridgehead atoms. The van der Waals surface area contributed by atoms with Gasteiger partial charge >= 0.3 is 0 Å². The molecule has 0 nitrogen and oxygen atoms in total. The smallest absolute Gasteiger partial charge is 0.126 e. The fourth-order valence-electron chi connectivity index (χ4n) is 2.50. The monoisotopic (exact) mass is 428 g/mol. The summed E-state index contributed by atoms with van der Waals surface area (Å²) in [6.45, 7) is 16.2. The van der Waals surface area contributed by atoms with E-state index in [4.69, 9.17) is 0 Å². The summed E-state index contributed by atoms with van der Waals surface area (Å²) in [4.78, 5) is 0. The fraction of sp³-hybridized carbons (Fsp3) is 0.379. The van der Waals surface area contributed by atoms with Crippen molar-refractivity contribution in [3.63, 3.8) is 0 Å². The van der Waals surface area contributed by atoms with E-state index in [1.54, 1.807) is 24.3 Å². The largest absolute Gasteiger partial charge is 0.207 e. The Hall–Kier alpha value is -2.48. The molecule has 0 saturated heterocycles. The van der Waals surface area contributed by atoms with Crippen LogP contribution in [0.3, 0.4) is 0 Å². The maximum Gasteiger partial charge on any atom is 0.126 e. The summed E-state index contributed by atoms with van der Waals surface area (Å²) in [5.74, 6) is -0.194. The lowest BCUT2D eigenvalue weighted by atomic mass is 10.1. The lowest BCUT2D eigenvalue weighted by molar-refractivity contribution is 0.612. The molecule has 0 heterocycles. The summed E-state index contributed by atoms with van der Waals surface area (Å²) in [6, 6.07) is 22.3. The summed E-state index contributed by atoms with van der Waals surface area (Å²) in [7, 11) is 0. The van der Waals surface area contributed by atoms with Crippen LogP contribution in [-0.4, -0.2) is 0 Å². The number of halogens is 2. The van der Waals surface area contributed by atoms with Crippen molar-refractivity contribution in [1.82, 2.24) is 0 Å². The Bertz CT molecular complexity index is 749. The molecular formula is C29H42F2. The van der Waals surface area contributed by atoms with Gasteiger partial charge in [0.1, 0.15) is 11.6 Å². The molecule has 3 aromatic rings. The van der Waals surface area contributed by atoms with Crippen molar-refractivity contribution >= 4 is 0 Å². The summed E-state index contributed by atoms with van der Waals surface area (Å²) >= 11 is 0. The predicted octanol–water partition coefficient (Wildman–Crippen LogP) is 9.39. The van der Waals surface area contributed by atoms with Gasteiger partial charge in [-0.15, -0.1) is 0 Å². The molecule has 0 unspecified atom stereocenters. The summed E-state index contributed by atoms with van der Waals surface area (Å²) in [5.41, 5.74) is 4.36. The second-order valence-electron chi connectivity index (χ2n) is 6.23. The second-order valence-corrected chi connectivity index (χ2v) is 6.23. The summed E-state index contributed by atoms with van der Waals surface area (Å²) < 4.78 is 25.2. The minimum atomic E-state index is -0.0972. The maximum atomic E-state index is 12.6. The number of hydrogen-bond acceptors (Lipinski definition) is 0. The summed E-state index contributed by atoms with van der Waals surface area (Å²) in [5, 5.41) is 0. The molecule has 0 fully saturated rings. The van der Waals surface area contributed by atoms with E-state index in [9.17, 15) is 8.78 Å². The van der Waals surface area contributed by atoms with Crippen LogP contribution in [0.4, 0.5) is 8.78 Å². The molecule has 3 rings (SSSR count). The van der Waals surface area contributed by atoms with E-state index >= 15 is 0 Å². The lowest BCUT2D eigenvalue weighted by Gasteiger charge is -1.95. The highest BCUT2D eigenvalue weighted by Gasteiger charge is 1.94. The minimum absolute atomic E-state index is 0.0972. The average Bonchev–Trinajstić information content (AvgIpc) is 2.83. The molecule has 0 atom stereocenters. The maximum absolute atomic E-state index is 12.6. The third kappa shape index (κ3) is 14.2. The van der Waals surface area contributed by atoms with Gasteiger partial charge < -0.3 is 0 Å². The molecule has 0 radical (unpaired) electrons. The molecule has 0 aromatic heterocycles. The number of hydrogen-bond donors (Lipinski definition) is 0. The SMILES string of the molecule is CC.CC.CCc1cccc(C)c1.CCc1ccccc1F.CCc1ccccc1F. The van der Waals surface area contributed by atoms with E-state index in [0.717, 1.165) is 30.4 Å². The Labute approximate surface area is 190 Å². The molecule has 0 saturated carbocycles. The van der Waals surface area contributed by atoms with Crippen LogP contribution in [0.1, 0.15) is 70.7 Å². The Balaban J connectivity index is 0. The van der Waals surface area contributed by atoms with Gasteiger partial charge in [0, 0.05) is 0 Å². The standard InChI is InChI=1S/C9H12.2C8H9F.2C2H6/c1-3-9-6-4-5-8(2)7-9;2*1-2-7-5-3-4-6-8(7)9;2*1-2/h4-7H,3H2,1-2H3;2*3-6H,2H2,1H3;2*1-2H3. The molecule has 2 heteroatoms. The van der Waals surface area contributed by atoms with Crippen molar-refractivity contribution in [3.8, 4) is 0 Å². The van der Waals surface area contributed by atoms with Crippen LogP contribution in [0.25, 0.3) is 0 Å². The van der Waals surface area contributed by atoms with Gasteiger partial charge in [-0.3, -0.25) is 0 Å². The predicted molar refractivity (Wildman–Crippen MR) is 135 cm³/mol. The van der Waals surface area contributed by atoms with Crippen molar-refractivity contribution in [2.75, 3.05) is 0 Å². The van der Waals surface area contributed by atoms with Crippen molar-refractivity contribution in [1.29, 1.82) is 0 Å². The van der Waals surface area contributed by atoms with Crippen LogP contribution in [0, 0.1) is 18.6 Å². The molecule has 0 aliphatic carbocycles. The number of rotatable bonds is 3. The molecule has 31 heavy (non-hydrogen) atoms. The van der Waals surface area contributed by atoms with Crippen molar-refractivity contribution in [2.45, 2.75) is 74.7 Å². The third-order valence-electron chi connectivity index (χ3n) is 4.17. The Morgan fingerprint density at radius 1 is 0.548 bits per heavy atom. The lowest BCUT2D eigenvalue weighted by Crippen LogP contribution is -1.83. The van der Waals surface area contributed by atoms with E-state index < -0.39 is 0 Å². The Kier molecular flexibility index (Phi) is 20.6. The third-order valence-corrected chi connectivity index (χ3v) is 4.17. The normalized spacial score (nSPS) is 8.71. The zero-order valence-electron chi connectivity index (χ0n) is 20.8. The molecular weight excluding hydrogens is 386 g/mol. The van der Waals surface area contributed by atoms with Gasteiger partial charge in [-0.2, -0.15) is 0 Å². The van der Waals surface area contributed by atoms with Gasteiger partial charge in [0.25, 0.3) is 0 Å². The molecule has 0 aliphatic heterocycles. The minimum Gasteiger partial charge on any atom is -0.207 e. The van der Waals surface area contributed by atoms with Gasteiger partial charge in [-0.25, -0.2) is 8.78 Å². The van der Waals surface area contributed by atoms with Crippen molar-refractivity contribution in [2.24, 2.45) is 0 Å². The second kappa shape index (κ2) is 20.8. The molecule has 0 N–H and O–H groups in total. The highest BCUT2D eigenvalue weighted by Crippen LogP contribution is 2.06. The van der Waals surface area contributed by atoms with Gasteiger partial charge in [0.2, 0.25) is 0 Å². The molecule has 0 aliphatic rings. The first-order chi connectivity index (χ1) is 15.0. The number of aryl methyl sites for hydroxylation is 4. The average molecular weight is 429 g/mol. The Morgan fingerprint density at radius 3 is 1.23 bits per heavy atom.